The van der Waals surface area contributed by atoms with Gasteiger partial charge >= 0.3 is 0 Å². The highest BCUT2D eigenvalue weighted by Crippen LogP contribution is 2.29. The van der Waals surface area contributed by atoms with Crippen LogP contribution in [0.25, 0.3) is 43.1 Å². The molecule has 0 aromatic heterocycles. The van der Waals surface area contributed by atoms with Gasteiger partial charge in [0.05, 0.1) is 0 Å². The van der Waals surface area contributed by atoms with Gasteiger partial charge in [0.1, 0.15) is 0 Å². The third-order valence-corrected chi connectivity index (χ3v) is 7.33. The quantitative estimate of drug-likeness (QED) is 0.166. The molecule has 36 heavy (non-hydrogen) atoms. The van der Waals surface area contributed by atoms with Crippen LogP contribution in [0, 0.1) is 0 Å². The lowest BCUT2D eigenvalue weighted by molar-refractivity contribution is 0.585. The summed E-state index contributed by atoms with van der Waals surface area (Å²) in [4.78, 5) is 0. The largest absolute Gasteiger partial charge is 0.313 e. The number of rotatable bonds is 9. The van der Waals surface area contributed by atoms with Crippen LogP contribution in [0.5, 0.6) is 0 Å². The summed E-state index contributed by atoms with van der Waals surface area (Å²) in [5, 5.41) is 18.1. The summed E-state index contributed by atoms with van der Waals surface area (Å²) in [7, 11) is 0. The number of hydrogen-bond donors (Lipinski definition) is 2. The smallest absolute Gasteiger partial charge is 0.0217 e. The minimum atomic E-state index is 0.900. The first-order chi connectivity index (χ1) is 17.9. The monoisotopic (exact) mass is 468 g/mol. The Kier molecular flexibility index (Phi) is 6.62. The first-order valence-electron chi connectivity index (χ1n) is 13.1. The molecule has 0 radical (unpaired) electrons. The number of nitrogens with one attached hydrogen (secondary N) is 2. The standard InChI is InChI=1S/C34H32N2/c1-5-15-29-25(11-1)21-26-12-2-6-16-30(26)33(29)23-35-19-9-10-20-36-24-34-31-17-7-3-13-27(31)22-28-14-4-8-18-32(28)34/h1-8,11-18,21-22,35-36H,9-10,19-20,23-24H2. The Morgan fingerprint density at radius 2 is 0.694 bits per heavy atom. The lowest BCUT2D eigenvalue weighted by atomic mass is 9.96. The van der Waals surface area contributed by atoms with E-state index in [2.05, 4.69) is 120 Å². The van der Waals surface area contributed by atoms with Crippen molar-refractivity contribution in [1.29, 1.82) is 0 Å². The molecule has 2 N–H and O–H groups in total. The van der Waals surface area contributed by atoms with Gasteiger partial charge in [-0.05, 0) is 92.3 Å². The maximum absolute atomic E-state index is 3.72. The van der Waals surface area contributed by atoms with Crippen LogP contribution >= 0.6 is 0 Å². The van der Waals surface area contributed by atoms with Gasteiger partial charge in [-0.1, -0.05) is 97.1 Å². The average Bonchev–Trinajstić information content (AvgIpc) is 2.93. The van der Waals surface area contributed by atoms with Gasteiger partial charge in [-0.2, -0.15) is 0 Å². The van der Waals surface area contributed by atoms with E-state index < -0.39 is 0 Å². The average molecular weight is 469 g/mol. The molecule has 0 aliphatic heterocycles. The molecule has 6 aromatic rings. The first kappa shape index (κ1) is 22.7. The third-order valence-electron chi connectivity index (χ3n) is 7.33. The lowest BCUT2D eigenvalue weighted by Crippen LogP contribution is -2.19. The van der Waals surface area contributed by atoms with Gasteiger partial charge in [0.25, 0.3) is 0 Å². The van der Waals surface area contributed by atoms with E-state index in [9.17, 15) is 0 Å². The molecular formula is C34H32N2. The van der Waals surface area contributed by atoms with E-state index in [1.165, 1.54) is 54.2 Å². The maximum Gasteiger partial charge on any atom is 0.0217 e. The van der Waals surface area contributed by atoms with E-state index in [0.29, 0.717) is 0 Å². The fourth-order valence-electron chi connectivity index (χ4n) is 5.52. The molecule has 0 aliphatic rings. The zero-order valence-corrected chi connectivity index (χ0v) is 20.6. The minimum absolute atomic E-state index is 0.900. The van der Waals surface area contributed by atoms with Crippen molar-refractivity contribution in [2.45, 2.75) is 25.9 Å². The molecule has 6 aromatic carbocycles. The maximum atomic E-state index is 3.72. The van der Waals surface area contributed by atoms with Crippen LogP contribution in [0.1, 0.15) is 24.0 Å². The van der Waals surface area contributed by atoms with Crippen molar-refractivity contribution >= 4 is 43.1 Å². The number of hydrogen-bond acceptors (Lipinski definition) is 2. The van der Waals surface area contributed by atoms with Crippen LogP contribution in [0.2, 0.25) is 0 Å². The Morgan fingerprint density at radius 3 is 1.03 bits per heavy atom. The second-order valence-electron chi connectivity index (χ2n) is 9.66. The highest BCUT2D eigenvalue weighted by molar-refractivity contribution is 6.03. The molecule has 0 amide bonds. The van der Waals surface area contributed by atoms with Gasteiger partial charge in [0.15, 0.2) is 0 Å². The van der Waals surface area contributed by atoms with E-state index in [0.717, 1.165) is 39.0 Å². The van der Waals surface area contributed by atoms with Gasteiger partial charge in [0, 0.05) is 13.1 Å². The predicted octanol–water partition coefficient (Wildman–Crippen LogP) is 7.96. The second-order valence-corrected chi connectivity index (χ2v) is 9.66. The zero-order valence-electron chi connectivity index (χ0n) is 20.6. The molecule has 178 valence electrons. The SMILES string of the molecule is c1ccc2c(CNCCCCNCc3c4ccccc4cc4ccccc34)c3ccccc3cc2c1. The van der Waals surface area contributed by atoms with Crippen molar-refractivity contribution in [2.24, 2.45) is 0 Å². The van der Waals surface area contributed by atoms with Crippen molar-refractivity contribution in [3.05, 3.63) is 120 Å². The van der Waals surface area contributed by atoms with Crippen molar-refractivity contribution in [3.63, 3.8) is 0 Å². The molecule has 0 spiro atoms. The predicted molar refractivity (Wildman–Crippen MR) is 156 cm³/mol. The molecule has 0 fully saturated rings. The van der Waals surface area contributed by atoms with E-state index in [1.807, 2.05) is 0 Å². The van der Waals surface area contributed by atoms with Crippen molar-refractivity contribution in [2.75, 3.05) is 13.1 Å². The molecule has 2 heteroatoms. The highest BCUT2D eigenvalue weighted by atomic mass is 14.9. The van der Waals surface area contributed by atoms with Crippen LogP contribution in [0.15, 0.2) is 109 Å². The zero-order chi connectivity index (χ0) is 24.2. The summed E-state index contributed by atoms with van der Waals surface area (Å²) in [6.45, 7) is 3.85. The first-order valence-corrected chi connectivity index (χ1v) is 13.1. The summed E-state index contributed by atoms with van der Waals surface area (Å²) >= 11 is 0. The lowest BCUT2D eigenvalue weighted by Gasteiger charge is -2.13. The second kappa shape index (κ2) is 10.5. The summed E-state index contributed by atoms with van der Waals surface area (Å²) in [6.07, 6.45) is 2.32. The van der Waals surface area contributed by atoms with Gasteiger partial charge in [-0.25, -0.2) is 0 Å². The number of unbranched alkanes of at least 4 members (excludes halogenated alkanes) is 1. The Balaban J connectivity index is 1.05. The summed E-state index contributed by atoms with van der Waals surface area (Å²) in [5.74, 6) is 0. The molecule has 6 rings (SSSR count). The topological polar surface area (TPSA) is 24.1 Å². The van der Waals surface area contributed by atoms with E-state index in [-0.39, 0.29) is 0 Å². The normalized spacial score (nSPS) is 11.7. The van der Waals surface area contributed by atoms with Crippen LogP contribution in [0.3, 0.4) is 0 Å². The summed E-state index contributed by atoms with van der Waals surface area (Å²) in [6, 6.07) is 39.6. The minimum Gasteiger partial charge on any atom is -0.313 e. The molecular weight excluding hydrogens is 436 g/mol. The fourth-order valence-corrected chi connectivity index (χ4v) is 5.52. The Labute approximate surface area is 213 Å². The Hall–Kier alpha value is -3.72. The third kappa shape index (κ3) is 4.58. The molecule has 2 nitrogen and oxygen atoms in total. The summed E-state index contributed by atoms with van der Waals surface area (Å²) in [5.41, 5.74) is 2.81. The van der Waals surface area contributed by atoms with Crippen LogP contribution in [0.4, 0.5) is 0 Å². The van der Waals surface area contributed by atoms with E-state index >= 15 is 0 Å². The van der Waals surface area contributed by atoms with Gasteiger partial charge in [-0.3, -0.25) is 0 Å². The van der Waals surface area contributed by atoms with Crippen molar-refractivity contribution in [3.8, 4) is 0 Å². The Morgan fingerprint density at radius 1 is 0.389 bits per heavy atom. The molecule has 0 unspecified atom stereocenters. The number of fused-ring (bicyclic) bond motifs is 4. The van der Waals surface area contributed by atoms with Crippen molar-refractivity contribution in [1.82, 2.24) is 10.6 Å². The molecule has 0 bridgehead atoms. The van der Waals surface area contributed by atoms with Crippen LogP contribution < -0.4 is 10.6 Å². The van der Waals surface area contributed by atoms with E-state index in [1.54, 1.807) is 0 Å². The molecule has 0 atom stereocenters. The summed E-state index contributed by atoms with van der Waals surface area (Å²) < 4.78 is 0. The van der Waals surface area contributed by atoms with Gasteiger partial charge < -0.3 is 10.6 Å². The van der Waals surface area contributed by atoms with Gasteiger partial charge in [0.2, 0.25) is 0 Å². The molecule has 0 saturated carbocycles. The number of benzene rings is 6. The molecule has 0 aliphatic carbocycles. The molecule has 0 heterocycles. The highest BCUT2D eigenvalue weighted by Gasteiger charge is 2.08. The van der Waals surface area contributed by atoms with Crippen LogP contribution in [-0.2, 0) is 13.1 Å². The van der Waals surface area contributed by atoms with Crippen LogP contribution in [-0.4, -0.2) is 13.1 Å². The molecule has 0 saturated heterocycles. The Bertz CT molecular complexity index is 1420. The van der Waals surface area contributed by atoms with Crippen molar-refractivity contribution < 1.29 is 0 Å². The van der Waals surface area contributed by atoms with E-state index in [4.69, 9.17) is 0 Å². The fraction of sp³-hybridized carbons (Fsp3) is 0.176. The van der Waals surface area contributed by atoms with Gasteiger partial charge in [-0.15, -0.1) is 0 Å².